The van der Waals surface area contributed by atoms with Crippen LogP contribution in [0.5, 0.6) is 0 Å². The number of rotatable bonds is 6. The summed E-state index contributed by atoms with van der Waals surface area (Å²) in [5.41, 5.74) is 8.17. The second kappa shape index (κ2) is 6.74. The number of aromatic nitrogens is 1. The molecule has 1 aromatic heterocycles. The lowest BCUT2D eigenvalue weighted by Gasteiger charge is -2.21. The quantitative estimate of drug-likeness (QED) is 0.745. The van der Waals surface area contributed by atoms with Gasteiger partial charge in [0.05, 0.1) is 6.04 Å². The van der Waals surface area contributed by atoms with Crippen molar-refractivity contribution in [2.24, 2.45) is 5.73 Å². The van der Waals surface area contributed by atoms with Gasteiger partial charge in [-0.3, -0.25) is 4.79 Å². The van der Waals surface area contributed by atoms with E-state index in [0.29, 0.717) is 13.0 Å². The summed E-state index contributed by atoms with van der Waals surface area (Å²) in [7, 11) is 3.98. The molecule has 0 fully saturated rings. The molecule has 0 saturated heterocycles. The van der Waals surface area contributed by atoms with E-state index in [2.05, 4.69) is 22.1 Å². The molecule has 5 nitrogen and oxygen atoms in total. The Kier molecular flexibility index (Phi) is 4.98. The largest absolute Gasteiger partial charge is 0.361 e. The summed E-state index contributed by atoms with van der Waals surface area (Å²) < 4.78 is 0. The molecule has 114 valence electrons. The van der Waals surface area contributed by atoms with Gasteiger partial charge in [-0.05, 0) is 39.1 Å². The Balaban J connectivity index is 1.94. The topological polar surface area (TPSA) is 74.1 Å². The molecule has 2 aromatic rings. The monoisotopic (exact) mass is 288 g/mol. The number of likely N-dealkylation sites (N-methyl/N-ethyl adjacent to an activating group) is 1. The smallest absolute Gasteiger partial charge is 0.237 e. The van der Waals surface area contributed by atoms with Crippen molar-refractivity contribution in [2.75, 3.05) is 20.6 Å². The van der Waals surface area contributed by atoms with Gasteiger partial charge < -0.3 is 20.9 Å². The van der Waals surface area contributed by atoms with Crippen LogP contribution >= 0.6 is 0 Å². The molecule has 0 aliphatic rings. The van der Waals surface area contributed by atoms with E-state index < -0.39 is 6.04 Å². The van der Waals surface area contributed by atoms with Gasteiger partial charge in [0.1, 0.15) is 0 Å². The molecule has 0 spiro atoms. The Morgan fingerprint density at radius 2 is 2.10 bits per heavy atom. The summed E-state index contributed by atoms with van der Waals surface area (Å²) in [6.07, 6.45) is 2.46. The molecule has 1 aromatic carbocycles. The van der Waals surface area contributed by atoms with Crippen LogP contribution in [0.15, 0.2) is 30.5 Å². The van der Waals surface area contributed by atoms with Gasteiger partial charge in [0, 0.05) is 29.7 Å². The second-order valence-corrected chi connectivity index (χ2v) is 5.73. The number of carbonyl (C=O) groups excluding carboxylic acids is 1. The number of para-hydroxylation sites is 1. The Labute approximate surface area is 125 Å². The second-order valence-electron chi connectivity index (χ2n) is 5.73. The molecule has 2 rings (SSSR count). The van der Waals surface area contributed by atoms with Crippen molar-refractivity contribution in [1.82, 2.24) is 15.2 Å². The lowest BCUT2D eigenvalue weighted by molar-refractivity contribution is -0.122. The maximum atomic E-state index is 12.1. The van der Waals surface area contributed by atoms with E-state index in [4.69, 9.17) is 5.73 Å². The number of carbonyl (C=O) groups is 1. The van der Waals surface area contributed by atoms with Crippen LogP contribution in [0, 0.1) is 0 Å². The van der Waals surface area contributed by atoms with Gasteiger partial charge in [-0.15, -0.1) is 0 Å². The summed E-state index contributed by atoms with van der Waals surface area (Å²) in [4.78, 5) is 17.3. The molecule has 1 amide bonds. The zero-order valence-electron chi connectivity index (χ0n) is 12.9. The molecule has 0 bridgehead atoms. The van der Waals surface area contributed by atoms with E-state index in [-0.39, 0.29) is 11.9 Å². The summed E-state index contributed by atoms with van der Waals surface area (Å²) in [5.74, 6) is -0.103. The van der Waals surface area contributed by atoms with Gasteiger partial charge in [-0.2, -0.15) is 0 Å². The van der Waals surface area contributed by atoms with Crippen LogP contribution in [0.2, 0.25) is 0 Å². The minimum atomic E-state index is -0.529. The highest BCUT2D eigenvalue weighted by atomic mass is 16.2. The van der Waals surface area contributed by atoms with Crippen LogP contribution in [-0.4, -0.2) is 48.5 Å². The molecule has 0 saturated carbocycles. The fourth-order valence-corrected chi connectivity index (χ4v) is 2.19. The first-order chi connectivity index (χ1) is 9.99. The first kappa shape index (κ1) is 15.5. The number of hydrogen-bond donors (Lipinski definition) is 3. The Morgan fingerprint density at radius 1 is 1.38 bits per heavy atom. The number of aromatic amines is 1. The van der Waals surface area contributed by atoms with Gasteiger partial charge in [0.15, 0.2) is 0 Å². The summed E-state index contributed by atoms with van der Waals surface area (Å²) >= 11 is 0. The fraction of sp³-hybridized carbons (Fsp3) is 0.438. The van der Waals surface area contributed by atoms with E-state index >= 15 is 0 Å². The molecule has 1 heterocycles. The number of benzene rings is 1. The Hall–Kier alpha value is -1.85. The molecule has 0 radical (unpaired) electrons. The number of hydrogen-bond acceptors (Lipinski definition) is 3. The number of nitrogens with one attached hydrogen (secondary N) is 2. The first-order valence-corrected chi connectivity index (χ1v) is 7.23. The lowest BCUT2D eigenvalue weighted by Crippen LogP contribution is -2.46. The van der Waals surface area contributed by atoms with Gasteiger partial charge >= 0.3 is 0 Å². The van der Waals surface area contributed by atoms with Crippen molar-refractivity contribution >= 4 is 16.8 Å². The van der Waals surface area contributed by atoms with Crippen molar-refractivity contribution in [3.63, 3.8) is 0 Å². The third-order valence-corrected chi connectivity index (χ3v) is 3.90. The van der Waals surface area contributed by atoms with Crippen molar-refractivity contribution in [3.05, 3.63) is 36.0 Å². The number of nitrogens with two attached hydrogens (primary N) is 1. The van der Waals surface area contributed by atoms with E-state index in [0.717, 1.165) is 16.5 Å². The van der Waals surface area contributed by atoms with Crippen LogP contribution in [0.3, 0.4) is 0 Å². The zero-order chi connectivity index (χ0) is 15.4. The minimum Gasteiger partial charge on any atom is -0.361 e. The zero-order valence-corrected chi connectivity index (χ0v) is 12.9. The van der Waals surface area contributed by atoms with Gasteiger partial charge in [-0.25, -0.2) is 0 Å². The van der Waals surface area contributed by atoms with Crippen molar-refractivity contribution in [3.8, 4) is 0 Å². The molecule has 1 unspecified atom stereocenters. The predicted octanol–water partition coefficient (Wildman–Crippen LogP) is 1.10. The SMILES string of the molecule is CC(CNC(=O)[C@@H](N)Cc1c[nH]c2ccccc12)N(C)C. The number of amides is 1. The number of H-pyrrole nitrogens is 1. The van der Waals surface area contributed by atoms with Gasteiger partial charge in [0.25, 0.3) is 0 Å². The Morgan fingerprint density at radius 3 is 2.81 bits per heavy atom. The van der Waals surface area contributed by atoms with Crippen LogP contribution in [0.1, 0.15) is 12.5 Å². The maximum absolute atomic E-state index is 12.1. The third kappa shape index (κ3) is 3.83. The first-order valence-electron chi connectivity index (χ1n) is 7.23. The number of fused-ring (bicyclic) bond motifs is 1. The van der Waals surface area contributed by atoms with Gasteiger partial charge in [0.2, 0.25) is 5.91 Å². The van der Waals surface area contributed by atoms with Crippen LogP contribution in [0.25, 0.3) is 10.9 Å². The van der Waals surface area contributed by atoms with Crippen molar-refractivity contribution in [2.45, 2.75) is 25.4 Å². The summed E-state index contributed by atoms with van der Waals surface area (Å²) in [5, 5.41) is 4.04. The highest BCUT2D eigenvalue weighted by Gasteiger charge is 2.17. The number of nitrogens with zero attached hydrogens (tertiary/aromatic N) is 1. The molecular weight excluding hydrogens is 264 g/mol. The maximum Gasteiger partial charge on any atom is 0.237 e. The predicted molar refractivity (Wildman–Crippen MR) is 86.1 cm³/mol. The van der Waals surface area contributed by atoms with E-state index in [9.17, 15) is 4.79 Å². The van der Waals surface area contributed by atoms with E-state index in [1.165, 1.54) is 0 Å². The molecule has 0 aliphatic heterocycles. The fourth-order valence-electron chi connectivity index (χ4n) is 2.19. The highest BCUT2D eigenvalue weighted by molar-refractivity contribution is 5.86. The van der Waals surface area contributed by atoms with E-state index in [1.54, 1.807) is 0 Å². The summed E-state index contributed by atoms with van der Waals surface area (Å²) in [6, 6.07) is 7.79. The van der Waals surface area contributed by atoms with E-state index in [1.807, 2.05) is 44.6 Å². The third-order valence-electron chi connectivity index (χ3n) is 3.90. The standard InChI is InChI=1S/C16H24N4O/c1-11(20(2)3)9-19-16(21)14(17)8-12-10-18-15-7-5-4-6-13(12)15/h4-7,10-11,14,18H,8-9,17H2,1-3H3,(H,19,21)/t11?,14-/m0/s1. The molecule has 21 heavy (non-hydrogen) atoms. The molecule has 4 N–H and O–H groups in total. The normalized spacial score (nSPS) is 14.3. The van der Waals surface area contributed by atoms with Crippen molar-refractivity contribution in [1.29, 1.82) is 0 Å². The molecule has 5 heteroatoms. The van der Waals surface area contributed by atoms with Crippen molar-refractivity contribution < 1.29 is 4.79 Å². The highest BCUT2D eigenvalue weighted by Crippen LogP contribution is 2.18. The van der Waals surface area contributed by atoms with Crippen LogP contribution in [-0.2, 0) is 11.2 Å². The summed E-state index contributed by atoms with van der Waals surface area (Å²) in [6.45, 7) is 2.67. The lowest BCUT2D eigenvalue weighted by atomic mass is 10.1. The van der Waals surface area contributed by atoms with Gasteiger partial charge in [-0.1, -0.05) is 18.2 Å². The van der Waals surface area contributed by atoms with Crippen LogP contribution in [0.4, 0.5) is 0 Å². The molecular formula is C16H24N4O. The Bertz CT molecular complexity index is 605. The average Bonchev–Trinajstić information content (AvgIpc) is 2.87. The molecule has 0 aliphatic carbocycles. The minimum absolute atomic E-state index is 0.103. The average molecular weight is 288 g/mol. The van der Waals surface area contributed by atoms with Crippen LogP contribution < -0.4 is 11.1 Å². The molecule has 2 atom stereocenters.